The molecule has 0 bridgehead atoms. The molecule has 13 heavy (non-hydrogen) atoms. The summed E-state index contributed by atoms with van der Waals surface area (Å²) in [5.74, 6) is -2.77. The molecule has 0 fully saturated rings. The first-order valence-corrected chi connectivity index (χ1v) is 4.13. The first-order valence-electron chi connectivity index (χ1n) is 4.13. The van der Waals surface area contributed by atoms with Crippen LogP contribution in [0.3, 0.4) is 0 Å². The molecule has 1 nitrogen and oxygen atoms in total. The quantitative estimate of drug-likeness (QED) is 0.752. The van der Waals surface area contributed by atoms with Crippen LogP contribution in [0.1, 0.15) is 23.6 Å². The first-order chi connectivity index (χ1) is 5.95. The van der Waals surface area contributed by atoms with E-state index in [2.05, 4.69) is 0 Å². The molecule has 0 aromatic heterocycles. The normalized spacial score (nSPS) is 11.8. The number of hydrogen-bond donors (Lipinski definition) is 1. The van der Waals surface area contributed by atoms with Crippen molar-refractivity contribution in [2.24, 2.45) is 5.73 Å². The van der Waals surface area contributed by atoms with Crippen molar-refractivity contribution < 1.29 is 8.78 Å². The molecule has 0 spiro atoms. The van der Waals surface area contributed by atoms with Crippen LogP contribution in [-0.2, 0) is 12.5 Å². The highest BCUT2D eigenvalue weighted by atomic mass is 19.3. The van der Waals surface area contributed by atoms with E-state index in [0.29, 0.717) is 6.54 Å². The lowest BCUT2D eigenvalue weighted by atomic mass is 10.0. The summed E-state index contributed by atoms with van der Waals surface area (Å²) in [6.07, 6.45) is 0. The molecule has 0 aliphatic heterocycles. The van der Waals surface area contributed by atoms with Gasteiger partial charge in [-0.1, -0.05) is 12.1 Å². The van der Waals surface area contributed by atoms with Crippen LogP contribution in [0, 0.1) is 6.92 Å². The van der Waals surface area contributed by atoms with E-state index in [1.54, 1.807) is 13.0 Å². The van der Waals surface area contributed by atoms with Gasteiger partial charge in [0.1, 0.15) is 0 Å². The van der Waals surface area contributed by atoms with Gasteiger partial charge in [-0.25, -0.2) is 8.78 Å². The zero-order valence-electron chi connectivity index (χ0n) is 7.77. The van der Waals surface area contributed by atoms with E-state index >= 15 is 0 Å². The Labute approximate surface area is 76.6 Å². The Morgan fingerprint density at radius 2 is 2.00 bits per heavy atom. The van der Waals surface area contributed by atoms with E-state index in [1.807, 2.05) is 0 Å². The van der Waals surface area contributed by atoms with Crippen LogP contribution >= 0.6 is 0 Å². The minimum atomic E-state index is -2.77. The molecule has 2 N–H and O–H groups in total. The molecule has 0 aliphatic carbocycles. The van der Waals surface area contributed by atoms with Gasteiger partial charge >= 0.3 is 0 Å². The van der Waals surface area contributed by atoms with E-state index in [9.17, 15) is 8.78 Å². The van der Waals surface area contributed by atoms with Gasteiger partial charge in [-0.2, -0.15) is 0 Å². The minimum Gasteiger partial charge on any atom is -0.326 e. The number of halogens is 2. The average molecular weight is 185 g/mol. The molecule has 0 amide bonds. The molecule has 0 saturated heterocycles. The molecule has 0 aliphatic rings. The van der Waals surface area contributed by atoms with Crippen molar-refractivity contribution in [2.45, 2.75) is 26.3 Å². The van der Waals surface area contributed by atoms with Crippen LogP contribution in [0.15, 0.2) is 18.2 Å². The maximum absolute atomic E-state index is 12.8. The zero-order valence-corrected chi connectivity index (χ0v) is 7.77. The van der Waals surface area contributed by atoms with Crippen molar-refractivity contribution in [3.05, 3.63) is 34.9 Å². The summed E-state index contributed by atoms with van der Waals surface area (Å²) in [4.78, 5) is 0. The van der Waals surface area contributed by atoms with Crippen LogP contribution < -0.4 is 5.73 Å². The summed E-state index contributed by atoms with van der Waals surface area (Å²) in [5, 5.41) is 0. The van der Waals surface area contributed by atoms with Crippen molar-refractivity contribution in [3.8, 4) is 0 Å². The maximum atomic E-state index is 12.8. The maximum Gasteiger partial charge on any atom is 0.270 e. The third kappa shape index (κ3) is 2.25. The lowest BCUT2D eigenvalue weighted by Gasteiger charge is -2.12. The third-order valence-corrected chi connectivity index (χ3v) is 2.07. The Morgan fingerprint density at radius 1 is 1.38 bits per heavy atom. The zero-order chi connectivity index (χ0) is 10.1. The van der Waals surface area contributed by atoms with Gasteiger partial charge in [-0.05, 0) is 24.1 Å². The van der Waals surface area contributed by atoms with Gasteiger partial charge in [-0.15, -0.1) is 0 Å². The van der Waals surface area contributed by atoms with Crippen molar-refractivity contribution >= 4 is 0 Å². The predicted molar refractivity (Wildman–Crippen MR) is 48.6 cm³/mol. The molecule has 0 radical (unpaired) electrons. The smallest absolute Gasteiger partial charge is 0.270 e. The van der Waals surface area contributed by atoms with Crippen LogP contribution in [0.2, 0.25) is 0 Å². The second-order valence-corrected chi connectivity index (χ2v) is 3.23. The molecule has 1 aromatic rings. The fraction of sp³-hybridized carbons (Fsp3) is 0.400. The van der Waals surface area contributed by atoms with E-state index in [-0.39, 0.29) is 5.56 Å². The summed E-state index contributed by atoms with van der Waals surface area (Å²) in [6, 6.07) is 4.57. The van der Waals surface area contributed by atoms with Crippen molar-refractivity contribution in [1.29, 1.82) is 0 Å². The minimum absolute atomic E-state index is 0.0437. The van der Waals surface area contributed by atoms with Gasteiger partial charge in [0.15, 0.2) is 0 Å². The number of benzene rings is 1. The van der Waals surface area contributed by atoms with Gasteiger partial charge in [-0.3, -0.25) is 0 Å². The molecule has 1 aromatic carbocycles. The largest absolute Gasteiger partial charge is 0.326 e. The number of alkyl halides is 2. The Balaban J connectivity index is 3.10. The Kier molecular flexibility index (Phi) is 2.66. The van der Waals surface area contributed by atoms with Crippen LogP contribution in [-0.4, -0.2) is 0 Å². The highest BCUT2D eigenvalue weighted by Crippen LogP contribution is 2.28. The molecule has 0 atom stereocenters. The van der Waals surface area contributed by atoms with Crippen molar-refractivity contribution in [1.82, 2.24) is 0 Å². The van der Waals surface area contributed by atoms with Crippen molar-refractivity contribution in [2.75, 3.05) is 0 Å². The van der Waals surface area contributed by atoms with Crippen LogP contribution in [0.5, 0.6) is 0 Å². The second kappa shape index (κ2) is 3.42. The Bertz CT molecular complexity index is 302. The highest BCUT2D eigenvalue weighted by Gasteiger charge is 2.24. The van der Waals surface area contributed by atoms with Gasteiger partial charge in [0.25, 0.3) is 5.92 Å². The summed E-state index contributed by atoms with van der Waals surface area (Å²) in [5.41, 5.74) is 7.20. The van der Waals surface area contributed by atoms with Crippen molar-refractivity contribution in [3.63, 3.8) is 0 Å². The topological polar surface area (TPSA) is 26.0 Å². The van der Waals surface area contributed by atoms with Gasteiger partial charge < -0.3 is 5.73 Å². The third-order valence-electron chi connectivity index (χ3n) is 2.07. The van der Waals surface area contributed by atoms with Crippen LogP contribution in [0.25, 0.3) is 0 Å². The summed E-state index contributed by atoms with van der Waals surface area (Å²) in [6.45, 7) is 3.07. The molecule has 0 heterocycles. The monoisotopic (exact) mass is 185 g/mol. The molecular formula is C10H13F2N. The second-order valence-electron chi connectivity index (χ2n) is 3.23. The molecule has 3 heteroatoms. The summed E-state index contributed by atoms with van der Waals surface area (Å²) < 4.78 is 25.7. The summed E-state index contributed by atoms with van der Waals surface area (Å²) >= 11 is 0. The fourth-order valence-electron chi connectivity index (χ4n) is 1.20. The standard InChI is InChI=1S/C10H13F2N/c1-7-5-9(10(2,11)12)4-3-8(7)6-13/h3-5H,6,13H2,1-2H3. The van der Waals surface area contributed by atoms with E-state index < -0.39 is 5.92 Å². The number of nitrogens with two attached hydrogens (primary N) is 1. The molecular weight excluding hydrogens is 172 g/mol. The Hall–Kier alpha value is -0.960. The van der Waals surface area contributed by atoms with E-state index in [0.717, 1.165) is 18.1 Å². The number of aryl methyl sites for hydroxylation is 1. The lowest BCUT2D eigenvalue weighted by molar-refractivity contribution is 0.0174. The number of hydrogen-bond acceptors (Lipinski definition) is 1. The SMILES string of the molecule is Cc1cc(C(C)(F)F)ccc1CN. The molecule has 1 rings (SSSR count). The number of rotatable bonds is 2. The molecule has 72 valence electrons. The fourth-order valence-corrected chi connectivity index (χ4v) is 1.20. The molecule has 0 saturated carbocycles. The lowest BCUT2D eigenvalue weighted by Crippen LogP contribution is -2.08. The van der Waals surface area contributed by atoms with Gasteiger partial charge in [0, 0.05) is 19.0 Å². The first kappa shape index (κ1) is 10.1. The summed E-state index contributed by atoms with van der Waals surface area (Å²) in [7, 11) is 0. The van der Waals surface area contributed by atoms with Gasteiger partial charge in [0.05, 0.1) is 0 Å². The highest BCUT2D eigenvalue weighted by molar-refractivity contribution is 5.32. The van der Waals surface area contributed by atoms with E-state index in [4.69, 9.17) is 5.73 Å². The molecule has 0 unspecified atom stereocenters. The van der Waals surface area contributed by atoms with E-state index in [1.165, 1.54) is 12.1 Å². The Morgan fingerprint density at radius 3 is 2.38 bits per heavy atom. The average Bonchev–Trinajstić information content (AvgIpc) is 2.02. The van der Waals surface area contributed by atoms with Gasteiger partial charge in [0.2, 0.25) is 0 Å². The predicted octanol–water partition coefficient (Wildman–Crippen LogP) is 2.57. The van der Waals surface area contributed by atoms with Crippen LogP contribution in [0.4, 0.5) is 8.78 Å².